The van der Waals surface area contributed by atoms with Crippen LogP contribution in [0.4, 0.5) is 0 Å². The van der Waals surface area contributed by atoms with Crippen LogP contribution in [-0.2, 0) is 4.74 Å². The molecule has 29 heavy (non-hydrogen) atoms. The maximum absolute atomic E-state index is 13.1. The van der Waals surface area contributed by atoms with E-state index in [9.17, 15) is 4.79 Å². The number of fused-ring (bicyclic) bond motifs is 1. The van der Waals surface area contributed by atoms with Crippen molar-refractivity contribution in [3.05, 3.63) is 64.7 Å². The number of morpholine rings is 1. The number of carbonyl (C=O) groups is 1. The maximum atomic E-state index is 13.1. The van der Waals surface area contributed by atoms with Crippen LogP contribution in [0.1, 0.15) is 15.9 Å². The fraction of sp³-hybridized carbons (Fsp3) is 0.304. The van der Waals surface area contributed by atoms with Crippen molar-refractivity contribution in [3.63, 3.8) is 0 Å². The normalized spacial score (nSPS) is 14.8. The van der Waals surface area contributed by atoms with Gasteiger partial charge in [-0.25, -0.2) is 4.98 Å². The molecular formula is C23H24ClN3O2. The standard InChI is InChI=1S/C23H24ClN3O2/c1-16-5-2-3-6-17(16)21-15-19(18-7-4-8-20(24)22(18)26-21)23(28)25-9-10-27-11-13-29-14-12-27/h2-8,15H,9-14H2,1H3,(H,25,28). The summed E-state index contributed by atoms with van der Waals surface area (Å²) in [6.45, 7) is 6.74. The lowest BCUT2D eigenvalue weighted by atomic mass is 10.0. The number of aryl methyl sites for hydroxylation is 1. The van der Waals surface area contributed by atoms with Gasteiger partial charge < -0.3 is 10.1 Å². The lowest BCUT2D eigenvalue weighted by Gasteiger charge is -2.26. The van der Waals surface area contributed by atoms with E-state index in [1.165, 1.54) is 0 Å². The molecule has 1 aliphatic heterocycles. The Morgan fingerprint density at radius 2 is 1.97 bits per heavy atom. The number of aromatic nitrogens is 1. The number of para-hydroxylation sites is 1. The van der Waals surface area contributed by atoms with Crippen LogP contribution < -0.4 is 5.32 Å². The molecule has 1 aliphatic rings. The Labute approximate surface area is 175 Å². The van der Waals surface area contributed by atoms with E-state index in [4.69, 9.17) is 21.3 Å². The van der Waals surface area contributed by atoms with Gasteiger partial charge in [0.2, 0.25) is 0 Å². The molecule has 6 heteroatoms. The highest BCUT2D eigenvalue weighted by Gasteiger charge is 2.17. The van der Waals surface area contributed by atoms with Gasteiger partial charge >= 0.3 is 0 Å². The fourth-order valence-electron chi connectivity index (χ4n) is 3.65. The zero-order valence-electron chi connectivity index (χ0n) is 16.5. The Hall–Kier alpha value is -2.47. The molecule has 4 rings (SSSR count). The average molecular weight is 410 g/mol. The minimum atomic E-state index is -0.109. The molecule has 150 valence electrons. The van der Waals surface area contributed by atoms with Crippen molar-refractivity contribution in [2.45, 2.75) is 6.92 Å². The van der Waals surface area contributed by atoms with Crippen molar-refractivity contribution in [3.8, 4) is 11.3 Å². The molecule has 5 nitrogen and oxygen atoms in total. The van der Waals surface area contributed by atoms with Crippen LogP contribution in [0.3, 0.4) is 0 Å². The third-order valence-electron chi connectivity index (χ3n) is 5.27. The first-order valence-electron chi connectivity index (χ1n) is 9.87. The Balaban J connectivity index is 1.64. The van der Waals surface area contributed by atoms with Crippen molar-refractivity contribution in [1.82, 2.24) is 15.2 Å². The van der Waals surface area contributed by atoms with Gasteiger partial charge in [0.25, 0.3) is 5.91 Å². The first-order chi connectivity index (χ1) is 14.1. The van der Waals surface area contributed by atoms with Crippen LogP contribution in [0.5, 0.6) is 0 Å². The highest BCUT2D eigenvalue weighted by molar-refractivity contribution is 6.35. The molecule has 3 aromatic rings. The first kappa shape index (κ1) is 19.8. The molecule has 0 aliphatic carbocycles. The van der Waals surface area contributed by atoms with Gasteiger partial charge in [-0.3, -0.25) is 9.69 Å². The number of rotatable bonds is 5. The number of pyridine rings is 1. The summed E-state index contributed by atoms with van der Waals surface area (Å²) in [4.78, 5) is 20.1. The van der Waals surface area contributed by atoms with Gasteiger partial charge in [-0.2, -0.15) is 0 Å². The molecule has 1 N–H and O–H groups in total. The highest BCUT2D eigenvalue weighted by Crippen LogP contribution is 2.30. The average Bonchev–Trinajstić information content (AvgIpc) is 2.74. The fourth-order valence-corrected chi connectivity index (χ4v) is 3.86. The Bertz CT molecular complexity index is 1030. The van der Waals surface area contributed by atoms with E-state index < -0.39 is 0 Å². The van der Waals surface area contributed by atoms with Crippen LogP contribution in [-0.4, -0.2) is 55.2 Å². The number of nitrogens with one attached hydrogen (secondary N) is 1. The maximum Gasteiger partial charge on any atom is 0.252 e. The molecule has 0 bridgehead atoms. The molecule has 1 aromatic heterocycles. The second kappa shape index (κ2) is 8.91. The van der Waals surface area contributed by atoms with E-state index in [1.807, 2.05) is 49.4 Å². The van der Waals surface area contributed by atoms with Crippen molar-refractivity contribution in [2.75, 3.05) is 39.4 Å². The topological polar surface area (TPSA) is 54.5 Å². The van der Waals surface area contributed by atoms with E-state index in [0.717, 1.165) is 55.1 Å². The minimum absolute atomic E-state index is 0.109. The van der Waals surface area contributed by atoms with E-state index in [-0.39, 0.29) is 5.91 Å². The Morgan fingerprint density at radius 3 is 2.76 bits per heavy atom. The summed E-state index contributed by atoms with van der Waals surface area (Å²) in [5.41, 5.74) is 4.09. The van der Waals surface area contributed by atoms with Crippen molar-refractivity contribution >= 4 is 28.4 Å². The highest BCUT2D eigenvalue weighted by atomic mass is 35.5. The minimum Gasteiger partial charge on any atom is -0.379 e. The molecule has 0 saturated carbocycles. The Morgan fingerprint density at radius 1 is 1.17 bits per heavy atom. The number of nitrogens with zero attached hydrogens (tertiary/aromatic N) is 2. The SMILES string of the molecule is Cc1ccccc1-c1cc(C(=O)NCCN2CCOCC2)c2cccc(Cl)c2n1. The predicted molar refractivity (Wildman–Crippen MR) is 117 cm³/mol. The lowest BCUT2D eigenvalue weighted by molar-refractivity contribution is 0.0383. The summed E-state index contributed by atoms with van der Waals surface area (Å²) < 4.78 is 5.37. The zero-order valence-corrected chi connectivity index (χ0v) is 17.2. The Kier molecular flexibility index (Phi) is 6.09. The summed E-state index contributed by atoms with van der Waals surface area (Å²) >= 11 is 6.43. The number of carbonyl (C=O) groups excluding carboxylic acids is 1. The van der Waals surface area contributed by atoms with Crippen molar-refractivity contribution in [1.29, 1.82) is 0 Å². The molecule has 1 amide bonds. The molecular weight excluding hydrogens is 386 g/mol. The van der Waals surface area contributed by atoms with E-state index in [1.54, 1.807) is 6.07 Å². The summed E-state index contributed by atoms with van der Waals surface area (Å²) in [5, 5.41) is 4.36. The van der Waals surface area contributed by atoms with Crippen LogP contribution in [0, 0.1) is 6.92 Å². The zero-order chi connectivity index (χ0) is 20.2. The van der Waals surface area contributed by atoms with E-state index in [2.05, 4.69) is 10.2 Å². The monoisotopic (exact) mass is 409 g/mol. The summed E-state index contributed by atoms with van der Waals surface area (Å²) in [6, 6.07) is 15.4. The molecule has 0 spiro atoms. The van der Waals surface area contributed by atoms with Gasteiger partial charge in [0.05, 0.1) is 35.0 Å². The third-order valence-corrected chi connectivity index (χ3v) is 5.58. The predicted octanol–water partition coefficient (Wildman–Crippen LogP) is 3.93. The van der Waals surface area contributed by atoms with Crippen LogP contribution >= 0.6 is 11.6 Å². The van der Waals surface area contributed by atoms with E-state index in [0.29, 0.717) is 22.6 Å². The number of amides is 1. The largest absolute Gasteiger partial charge is 0.379 e. The van der Waals surface area contributed by atoms with Crippen molar-refractivity contribution < 1.29 is 9.53 Å². The smallest absolute Gasteiger partial charge is 0.252 e. The van der Waals surface area contributed by atoms with Gasteiger partial charge in [-0.05, 0) is 24.6 Å². The molecule has 2 heterocycles. The van der Waals surface area contributed by atoms with Gasteiger partial charge in [0.15, 0.2) is 0 Å². The van der Waals surface area contributed by atoms with E-state index >= 15 is 0 Å². The van der Waals surface area contributed by atoms with Crippen LogP contribution in [0.2, 0.25) is 5.02 Å². The summed E-state index contributed by atoms with van der Waals surface area (Å²) in [6.07, 6.45) is 0. The van der Waals surface area contributed by atoms with Crippen molar-refractivity contribution in [2.24, 2.45) is 0 Å². The van der Waals surface area contributed by atoms with Gasteiger partial charge in [0.1, 0.15) is 0 Å². The second-order valence-electron chi connectivity index (χ2n) is 7.22. The van der Waals surface area contributed by atoms with Gasteiger partial charge in [0, 0.05) is 37.1 Å². The second-order valence-corrected chi connectivity index (χ2v) is 7.62. The number of hydrogen-bond donors (Lipinski definition) is 1. The molecule has 1 saturated heterocycles. The molecule has 2 aromatic carbocycles. The lowest BCUT2D eigenvalue weighted by Crippen LogP contribution is -2.41. The van der Waals surface area contributed by atoms with Gasteiger partial charge in [-0.15, -0.1) is 0 Å². The number of halogens is 1. The number of ether oxygens (including phenoxy) is 1. The molecule has 1 fully saturated rings. The summed E-state index contributed by atoms with van der Waals surface area (Å²) in [5.74, 6) is -0.109. The van der Waals surface area contributed by atoms with Crippen LogP contribution in [0.25, 0.3) is 22.2 Å². The van der Waals surface area contributed by atoms with Gasteiger partial charge in [-0.1, -0.05) is 48.0 Å². The summed E-state index contributed by atoms with van der Waals surface area (Å²) in [7, 11) is 0. The quantitative estimate of drug-likeness (QED) is 0.693. The van der Waals surface area contributed by atoms with Crippen LogP contribution in [0.15, 0.2) is 48.5 Å². The number of benzene rings is 2. The molecule has 0 atom stereocenters. The number of hydrogen-bond acceptors (Lipinski definition) is 4. The molecule has 0 radical (unpaired) electrons. The first-order valence-corrected chi connectivity index (χ1v) is 10.2. The molecule has 0 unspecified atom stereocenters. The third kappa shape index (κ3) is 4.42.